The van der Waals surface area contributed by atoms with Crippen LogP contribution in [0.5, 0.6) is 0 Å². The highest BCUT2D eigenvalue weighted by atomic mass is 16.5. The van der Waals surface area contributed by atoms with Gasteiger partial charge in [-0.3, -0.25) is 14.4 Å². The topological polar surface area (TPSA) is 105 Å². The predicted octanol–water partition coefficient (Wildman–Crippen LogP) is -1.09. The molecule has 1 aliphatic rings. The first-order valence-electron chi connectivity index (χ1n) is 5.76. The molecule has 1 amide bonds. The van der Waals surface area contributed by atoms with Gasteiger partial charge >= 0.3 is 5.97 Å². The number of aromatic nitrogens is 2. The molecule has 1 saturated heterocycles. The zero-order chi connectivity index (χ0) is 14.2. The molecule has 2 N–H and O–H groups in total. The number of rotatable bonds is 3. The summed E-state index contributed by atoms with van der Waals surface area (Å²) in [5.74, 6) is -1.66. The normalized spacial score (nSPS) is 21.5. The van der Waals surface area contributed by atoms with Crippen LogP contribution in [-0.2, 0) is 21.4 Å². The first-order valence-corrected chi connectivity index (χ1v) is 5.76. The second-order valence-electron chi connectivity index (χ2n) is 4.33. The summed E-state index contributed by atoms with van der Waals surface area (Å²) in [6.45, 7) is 2.26. The number of carbonyl (C=O) groups excluding carboxylic acids is 1. The Morgan fingerprint density at radius 3 is 2.84 bits per heavy atom. The van der Waals surface area contributed by atoms with E-state index in [-0.39, 0.29) is 13.2 Å². The number of aliphatic hydroxyl groups excluding tert-OH is 1. The third-order valence-electron chi connectivity index (χ3n) is 3.04. The van der Waals surface area contributed by atoms with Crippen molar-refractivity contribution in [2.24, 2.45) is 7.05 Å². The summed E-state index contributed by atoms with van der Waals surface area (Å²) in [7, 11) is 1.74. The molecule has 0 bridgehead atoms. The van der Waals surface area contributed by atoms with Crippen molar-refractivity contribution in [3.63, 3.8) is 0 Å². The van der Waals surface area contributed by atoms with E-state index in [0.717, 1.165) is 5.69 Å². The Morgan fingerprint density at radius 2 is 2.32 bits per heavy atom. The number of ether oxygens (including phenoxy) is 1. The van der Waals surface area contributed by atoms with E-state index in [9.17, 15) is 14.7 Å². The third kappa shape index (κ3) is 2.45. The second kappa shape index (κ2) is 4.98. The van der Waals surface area contributed by atoms with Gasteiger partial charge < -0.3 is 14.9 Å². The van der Waals surface area contributed by atoms with Crippen molar-refractivity contribution in [2.45, 2.75) is 19.1 Å². The number of aryl methyl sites for hydroxylation is 2. The smallest absolute Gasteiger partial charge is 0.335 e. The van der Waals surface area contributed by atoms with Gasteiger partial charge in [-0.2, -0.15) is 5.10 Å². The van der Waals surface area contributed by atoms with Gasteiger partial charge in [0.05, 0.1) is 13.2 Å². The molecule has 0 aliphatic carbocycles. The number of anilines is 1. The number of carboxylic acids is 1. The van der Waals surface area contributed by atoms with E-state index in [2.05, 4.69) is 5.10 Å². The molecule has 0 aromatic carbocycles. The van der Waals surface area contributed by atoms with Crippen LogP contribution in [0.1, 0.15) is 5.69 Å². The summed E-state index contributed by atoms with van der Waals surface area (Å²) in [5, 5.41) is 22.3. The van der Waals surface area contributed by atoms with Crippen LogP contribution < -0.4 is 4.90 Å². The van der Waals surface area contributed by atoms with Crippen molar-refractivity contribution >= 4 is 17.7 Å². The molecule has 19 heavy (non-hydrogen) atoms. The molecule has 104 valence electrons. The van der Waals surface area contributed by atoms with E-state index in [1.54, 1.807) is 17.8 Å². The fraction of sp³-hybridized carbons (Fsp3) is 0.545. The van der Waals surface area contributed by atoms with E-state index in [1.165, 1.54) is 4.90 Å². The number of hydrogen-bond acceptors (Lipinski definition) is 5. The lowest BCUT2D eigenvalue weighted by Gasteiger charge is -2.31. The lowest BCUT2D eigenvalue weighted by molar-refractivity contribution is -0.163. The fourth-order valence-electron chi connectivity index (χ4n) is 1.86. The molecule has 0 radical (unpaired) electrons. The lowest BCUT2D eigenvalue weighted by atomic mass is 10.1. The standard InChI is InChI=1S/C11H15N3O5/c1-6-5-7(12-13(6)2)14-3-4-19-9(10(14)16)8(15)11(17)18/h5,8-9,15H,3-4H2,1-2H3,(H,17,18)/t8?,9-/m1/s1. The minimum absolute atomic E-state index is 0.149. The predicted molar refractivity (Wildman–Crippen MR) is 63.7 cm³/mol. The molecule has 1 aliphatic heterocycles. The van der Waals surface area contributed by atoms with Crippen LogP contribution in [0.3, 0.4) is 0 Å². The van der Waals surface area contributed by atoms with E-state index in [0.29, 0.717) is 5.82 Å². The number of aliphatic hydroxyl groups is 1. The maximum atomic E-state index is 12.1. The van der Waals surface area contributed by atoms with Crippen molar-refractivity contribution in [2.75, 3.05) is 18.1 Å². The zero-order valence-corrected chi connectivity index (χ0v) is 10.6. The molecule has 8 heteroatoms. The SMILES string of the molecule is Cc1cc(N2CCO[C@H](C(O)C(=O)O)C2=O)nn1C. The van der Waals surface area contributed by atoms with Crippen molar-refractivity contribution in [1.29, 1.82) is 0 Å². The van der Waals surface area contributed by atoms with Crippen LogP contribution >= 0.6 is 0 Å². The molecule has 1 aromatic rings. The van der Waals surface area contributed by atoms with Gasteiger partial charge in [0.25, 0.3) is 5.91 Å². The van der Waals surface area contributed by atoms with E-state index < -0.39 is 24.1 Å². The average Bonchev–Trinajstić information content (AvgIpc) is 2.68. The van der Waals surface area contributed by atoms with Crippen molar-refractivity contribution in [3.8, 4) is 0 Å². The summed E-state index contributed by atoms with van der Waals surface area (Å²) in [4.78, 5) is 24.2. The van der Waals surface area contributed by atoms with E-state index in [4.69, 9.17) is 9.84 Å². The lowest BCUT2D eigenvalue weighted by Crippen LogP contribution is -2.54. The summed E-state index contributed by atoms with van der Waals surface area (Å²) >= 11 is 0. The molecule has 0 saturated carbocycles. The van der Waals surface area contributed by atoms with Gasteiger partial charge in [0, 0.05) is 18.8 Å². The second-order valence-corrected chi connectivity index (χ2v) is 4.33. The molecule has 8 nitrogen and oxygen atoms in total. The zero-order valence-electron chi connectivity index (χ0n) is 10.6. The average molecular weight is 269 g/mol. The highest BCUT2D eigenvalue weighted by molar-refractivity contribution is 5.99. The minimum Gasteiger partial charge on any atom is -0.479 e. The monoisotopic (exact) mass is 269 g/mol. The summed E-state index contributed by atoms with van der Waals surface area (Å²) in [5.41, 5.74) is 0.865. The Bertz CT molecular complexity index is 493. The number of amides is 1. The molecular weight excluding hydrogens is 254 g/mol. The van der Waals surface area contributed by atoms with Crippen LogP contribution in [0, 0.1) is 6.92 Å². The van der Waals surface area contributed by atoms with Crippen LogP contribution in [0.15, 0.2) is 6.07 Å². The highest BCUT2D eigenvalue weighted by Crippen LogP contribution is 2.19. The number of aliphatic carboxylic acids is 1. The number of nitrogens with zero attached hydrogens (tertiary/aromatic N) is 3. The number of carbonyl (C=O) groups is 2. The van der Waals surface area contributed by atoms with Crippen molar-refractivity contribution in [1.82, 2.24) is 9.78 Å². The molecule has 2 heterocycles. The van der Waals surface area contributed by atoms with Crippen LogP contribution in [0.4, 0.5) is 5.82 Å². The van der Waals surface area contributed by atoms with Crippen LogP contribution in [-0.4, -0.2) is 57.2 Å². The van der Waals surface area contributed by atoms with Crippen molar-refractivity contribution in [3.05, 3.63) is 11.8 Å². The van der Waals surface area contributed by atoms with Crippen LogP contribution in [0.25, 0.3) is 0 Å². The Balaban J connectivity index is 2.23. The number of hydrogen-bond donors (Lipinski definition) is 2. The molecule has 2 rings (SSSR count). The van der Waals surface area contributed by atoms with Gasteiger partial charge in [0.15, 0.2) is 18.0 Å². The van der Waals surface area contributed by atoms with Gasteiger partial charge in [0.1, 0.15) is 0 Å². The summed E-state index contributed by atoms with van der Waals surface area (Å²) in [6, 6.07) is 1.72. The highest BCUT2D eigenvalue weighted by Gasteiger charge is 2.40. The molecule has 1 fully saturated rings. The fourth-order valence-corrected chi connectivity index (χ4v) is 1.86. The minimum atomic E-state index is -1.87. The summed E-state index contributed by atoms with van der Waals surface area (Å²) < 4.78 is 6.66. The Labute approximate surface area is 109 Å². The van der Waals surface area contributed by atoms with E-state index in [1.807, 2.05) is 6.92 Å². The molecule has 2 atom stereocenters. The number of carboxylic acid groups (broad SMARTS) is 1. The third-order valence-corrected chi connectivity index (χ3v) is 3.04. The van der Waals surface area contributed by atoms with Gasteiger partial charge in [-0.05, 0) is 6.92 Å². The first kappa shape index (κ1) is 13.5. The quantitative estimate of drug-likeness (QED) is 0.722. The van der Waals surface area contributed by atoms with Crippen molar-refractivity contribution < 1.29 is 24.5 Å². The van der Waals surface area contributed by atoms with Gasteiger partial charge in [-0.1, -0.05) is 0 Å². The maximum absolute atomic E-state index is 12.1. The Hall–Kier alpha value is -1.93. The largest absolute Gasteiger partial charge is 0.479 e. The van der Waals surface area contributed by atoms with Gasteiger partial charge in [-0.15, -0.1) is 0 Å². The maximum Gasteiger partial charge on any atom is 0.335 e. The van der Waals surface area contributed by atoms with Crippen LogP contribution in [0.2, 0.25) is 0 Å². The molecular formula is C11H15N3O5. The van der Waals surface area contributed by atoms with Gasteiger partial charge in [0.2, 0.25) is 0 Å². The van der Waals surface area contributed by atoms with E-state index >= 15 is 0 Å². The number of morpholine rings is 1. The Morgan fingerprint density at radius 1 is 1.63 bits per heavy atom. The first-order chi connectivity index (χ1) is 8.91. The van der Waals surface area contributed by atoms with Gasteiger partial charge in [-0.25, -0.2) is 4.79 Å². The molecule has 1 aromatic heterocycles. The molecule has 1 unspecified atom stereocenters. The summed E-state index contributed by atoms with van der Waals surface area (Å²) in [6.07, 6.45) is -3.27. The molecule has 0 spiro atoms. The Kier molecular flexibility index (Phi) is 3.54.